The number of nitrogens with one attached hydrogen (secondary N) is 1. The van der Waals surface area contributed by atoms with Gasteiger partial charge in [-0.05, 0) is 73.8 Å². The average molecular weight is 611 g/mol. The van der Waals surface area contributed by atoms with Gasteiger partial charge >= 0.3 is 11.8 Å². The molecule has 43 heavy (non-hydrogen) atoms. The second kappa shape index (κ2) is 13.2. The molecule has 2 heterocycles. The van der Waals surface area contributed by atoms with Crippen LogP contribution in [0.1, 0.15) is 18.4 Å². The number of piperidine rings is 1. The number of benzene rings is 3. The molecule has 0 saturated carbocycles. The van der Waals surface area contributed by atoms with E-state index in [1.165, 1.54) is 37.6 Å². The minimum atomic E-state index is -1.25. The number of anilines is 1. The molecule has 0 bridgehead atoms. The number of primary amides is 1. The number of halogens is 3. The van der Waals surface area contributed by atoms with Crippen LogP contribution in [0, 0.1) is 17.6 Å². The number of nitrogens with two attached hydrogens (primary N) is 1. The van der Waals surface area contributed by atoms with Crippen LogP contribution in [0.3, 0.4) is 0 Å². The molecule has 0 spiro atoms. The van der Waals surface area contributed by atoms with Gasteiger partial charge in [0.15, 0.2) is 23.1 Å². The maximum atomic E-state index is 15.4. The molecule has 0 aliphatic carbocycles. The Balaban J connectivity index is 1.40. The van der Waals surface area contributed by atoms with Crippen molar-refractivity contribution in [3.05, 3.63) is 83.0 Å². The van der Waals surface area contributed by atoms with Crippen LogP contribution in [0.4, 0.5) is 14.5 Å². The monoisotopic (exact) mass is 610 g/mol. The molecule has 0 radical (unpaired) electrons. The second-order valence-corrected chi connectivity index (χ2v) is 10.5. The number of hydrogen-bond donors (Lipinski definition) is 2. The predicted octanol–water partition coefficient (Wildman–Crippen LogP) is 5.36. The van der Waals surface area contributed by atoms with Crippen LogP contribution in [0.2, 0.25) is 5.02 Å². The topological polar surface area (TPSA) is 116 Å². The van der Waals surface area contributed by atoms with E-state index in [0.29, 0.717) is 46.2 Å². The van der Waals surface area contributed by atoms with Gasteiger partial charge in [0.1, 0.15) is 11.6 Å². The van der Waals surface area contributed by atoms with E-state index in [9.17, 15) is 14.0 Å². The van der Waals surface area contributed by atoms with Gasteiger partial charge in [0.2, 0.25) is 0 Å². The quantitative estimate of drug-likeness (QED) is 0.245. The lowest BCUT2D eigenvalue weighted by molar-refractivity contribution is -0.135. The minimum absolute atomic E-state index is 0.0332. The Kier molecular flexibility index (Phi) is 9.22. The molecule has 5 rings (SSSR count). The van der Waals surface area contributed by atoms with Crippen LogP contribution in [-0.4, -0.2) is 43.6 Å². The normalized spacial score (nSPS) is 13.5. The lowest BCUT2D eigenvalue weighted by atomic mass is 9.99. The number of fused-ring (bicyclic) bond motifs is 1. The Bertz CT molecular complexity index is 1670. The zero-order valence-corrected chi connectivity index (χ0v) is 24.0. The van der Waals surface area contributed by atoms with Crippen molar-refractivity contribution in [1.29, 1.82) is 0 Å². The number of ether oxygens (including phenoxy) is 3. The first-order chi connectivity index (χ1) is 20.7. The maximum Gasteiger partial charge on any atom is 0.316 e. The van der Waals surface area contributed by atoms with E-state index in [4.69, 9.17) is 31.5 Å². The summed E-state index contributed by atoms with van der Waals surface area (Å²) in [7, 11) is 1.53. The highest BCUT2D eigenvalue weighted by Crippen LogP contribution is 2.38. The maximum absolute atomic E-state index is 15.4. The number of carbonyl (C=O) groups is 2. The molecule has 1 aromatic heterocycles. The van der Waals surface area contributed by atoms with Crippen molar-refractivity contribution >= 4 is 40.0 Å². The molecule has 3 aromatic carbocycles. The van der Waals surface area contributed by atoms with E-state index in [-0.39, 0.29) is 23.0 Å². The van der Waals surface area contributed by atoms with Crippen LogP contribution in [-0.2, 0) is 16.1 Å². The number of hydrogen-bond acceptors (Lipinski definition) is 7. The highest BCUT2D eigenvalue weighted by Gasteiger charge is 2.23. The molecule has 224 valence electrons. The molecule has 1 aliphatic rings. The third-order valence-corrected chi connectivity index (χ3v) is 7.44. The summed E-state index contributed by atoms with van der Waals surface area (Å²) in [5.41, 5.74) is 6.23. The predicted molar refractivity (Wildman–Crippen MR) is 158 cm³/mol. The standard InChI is InChI=1S/C31H29ClF2N4O5/c1-41-28-14-21-25(15-29(28)42-17-18-6-9-36-10-7-18)37-11-8-26(21)43-27-5-3-20(13-24(27)34)38(31(40)30(35)39)16-19-2-4-23(33)22(32)12-19/h2-5,8,11-15,18,36H,6-7,9-10,16-17H2,1H3,(H2,35,39). The van der Waals surface area contributed by atoms with Crippen LogP contribution in [0.5, 0.6) is 23.0 Å². The summed E-state index contributed by atoms with van der Waals surface area (Å²) in [5.74, 6) is -2.14. The molecule has 2 amide bonds. The molecule has 0 atom stereocenters. The molecule has 4 aromatic rings. The first-order valence-corrected chi connectivity index (χ1v) is 13.9. The van der Waals surface area contributed by atoms with Gasteiger partial charge in [-0.2, -0.15) is 0 Å². The number of rotatable bonds is 9. The Hall–Kier alpha value is -4.48. The summed E-state index contributed by atoms with van der Waals surface area (Å²) in [5, 5.41) is 3.74. The minimum Gasteiger partial charge on any atom is -0.493 e. The first-order valence-electron chi connectivity index (χ1n) is 13.6. The molecule has 1 saturated heterocycles. The second-order valence-electron chi connectivity index (χ2n) is 10.1. The zero-order valence-electron chi connectivity index (χ0n) is 23.2. The van der Waals surface area contributed by atoms with Crippen molar-refractivity contribution in [2.75, 3.05) is 31.7 Å². The molecule has 1 aliphatic heterocycles. The molecular weight excluding hydrogens is 582 g/mol. The van der Waals surface area contributed by atoms with Crippen LogP contribution >= 0.6 is 11.6 Å². The zero-order chi connectivity index (χ0) is 30.5. The third kappa shape index (κ3) is 6.95. The number of methoxy groups -OCH3 is 1. The van der Waals surface area contributed by atoms with Crippen molar-refractivity contribution in [2.45, 2.75) is 19.4 Å². The fourth-order valence-corrected chi connectivity index (χ4v) is 5.04. The van der Waals surface area contributed by atoms with Crippen LogP contribution in [0.25, 0.3) is 10.9 Å². The van der Waals surface area contributed by atoms with E-state index >= 15 is 4.39 Å². The largest absolute Gasteiger partial charge is 0.493 e. The van der Waals surface area contributed by atoms with Crippen LogP contribution < -0.4 is 30.2 Å². The smallest absolute Gasteiger partial charge is 0.316 e. The molecule has 9 nitrogen and oxygen atoms in total. The molecule has 0 unspecified atom stereocenters. The summed E-state index contributed by atoms with van der Waals surface area (Å²) in [6, 6.07) is 12.7. The Morgan fingerprint density at radius 3 is 2.49 bits per heavy atom. The average Bonchev–Trinajstić information content (AvgIpc) is 3.01. The van der Waals surface area contributed by atoms with Crippen molar-refractivity contribution in [2.24, 2.45) is 11.7 Å². The SMILES string of the molecule is COc1cc2c(Oc3ccc(N(Cc4ccc(F)c(Cl)c4)C(=O)C(N)=O)cc3F)ccnc2cc1OCC1CCNCC1. The van der Waals surface area contributed by atoms with Gasteiger partial charge in [0.25, 0.3) is 0 Å². The van der Waals surface area contributed by atoms with Crippen molar-refractivity contribution in [3.8, 4) is 23.0 Å². The first kappa shape index (κ1) is 30.0. The Morgan fingerprint density at radius 2 is 1.79 bits per heavy atom. The van der Waals surface area contributed by atoms with E-state index in [0.717, 1.165) is 43.0 Å². The van der Waals surface area contributed by atoms with Crippen molar-refractivity contribution in [3.63, 3.8) is 0 Å². The Morgan fingerprint density at radius 1 is 1.00 bits per heavy atom. The van der Waals surface area contributed by atoms with Gasteiger partial charge < -0.3 is 25.3 Å². The molecule has 3 N–H and O–H groups in total. The fourth-order valence-electron chi connectivity index (χ4n) is 4.84. The van der Waals surface area contributed by atoms with Gasteiger partial charge in [-0.25, -0.2) is 8.78 Å². The summed E-state index contributed by atoms with van der Waals surface area (Å²) >= 11 is 5.86. The fraction of sp³-hybridized carbons (Fsp3) is 0.258. The third-order valence-electron chi connectivity index (χ3n) is 7.15. The van der Waals surface area contributed by atoms with Crippen molar-refractivity contribution in [1.82, 2.24) is 10.3 Å². The number of amides is 2. The molecular formula is C31H29ClF2N4O5. The van der Waals surface area contributed by atoms with E-state index < -0.39 is 23.4 Å². The number of aromatic nitrogens is 1. The van der Waals surface area contributed by atoms with Gasteiger partial charge in [0.05, 0.1) is 30.8 Å². The van der Waals surface area contributed by atoms with E-state index in [1.54, 1.807) is 18.2 Å². The van der Waals surface area contributed by atoms with E-state index in [2.05, 4.69) is 10.3 Å². The number of carbonyl (C=O) groups excluding carboxylic acids is 2. The molecule has 12 heteroatoms. The van der Waals surface area contributed by atoms with E-state index in [1.807, 2.05) is 0 Å². The Labute approximate surface area is 251 Å². The summed E-state index contributed by atoms with van der Waals surface area (Å²) in [6.45, 7) is 2.27. The lowest BCUT2D eigenvalue weighted by Gasteiger charge is -2.23. The highest BCUT2D eigenvalue weighted by molar-refractivity contribution is 6.39. The molecule has 1 fully saturated rings. The summed E-state index contributed by atoms with van der Waals surface area (Å²) < 4.78 is 46.6. The summed E-state index contributed by atoms with van der Waals surface area (Å²) in [4.78, 5) is 29.7. The van der Waals surface area contributed by atoms with Crippen LogP contribution in [0.15, 0.2) is 60.8 Å². The lowest BCUT2D eigenvalue weighted by Crippen LogP contribution is -2.40. The van der Waals surface area contributed by atoms with Gasteiger partial charge in [0, 0.05) is 29.4 Å². The van der Waals surface area contributed by atoms with Crippen molar-refractivity contribution < 1.29 is 32.6 Å². The number of pyridine rings is 1. The summed E-state index contributed by atoms with van der Waals surface area (Å²) in [6.07, 6.45) is 3.60. The highest BCUT2D eigenvalue weighted by atomic mass is 35.5. The van der Waals surface area contributed by atoms with Gasteiger partial charge in [-0.3, -0.25) is 19.5 Å². The van der Waals surface area contributed by atoms with Gasteiger partial charge in [-0.1, -0.05) is 17.7 Å². The number of nitrogens with zero attached hydrogens (tertiary/aromatic N) is 2. The van der Waals surface area contributed by atoms with Gasteiger partial charge in [-0.15, -0.1) is 0 Å².